The summed E-state index contributed by atoms with van der Waals surface area (Å²) in [5, 5.41) is 13.6. The lowest BCUT2D eigenvalue weighted by molar-refractivity contribution is -0.171. The molecule has 42 heavy (non-hydrogen) atoms. The number of carbonyl (C=O) groups excluding carboxylic acids is 2. The molecule has 1 aliphatic heterocycles. The first-order valence-corrected chi connectivity index (χ1v) is 13.6. The molecular formula is C31H30F3N3O5. The van der Waals surface area contributed by atoms with Crippen molar-refractivity contribution in [2.75, 3.05) is 19.7 Å². The molecule has 2 amide bonds. The van der Waals surface area contributed by atoms with E-state index in [-0.39, 0.29) is 32.5 Å². The van der Waals surface area contributed by atoms with Crippen LogP contribution < -0.4 is 10.6 Å². The second kappa shape index (κ2) is 11.8. The summed E-state index contributed by atoms with van der Waals surface area (Å²) in [5.41, 5.74) is 2.74. The van der Waals surface area contributed by atoms with Gasteiger partial charge in [0.05, 0.1) is 0 Å². The van der Waals surface area contributed by atoms with Gasteiger partial charge in [-0.3, -0.25) is 9.69 Å². The molecule has 1 atom stereocenters. The van der Waals surface area contributed by atoms with E-state index >= 15 is 0 Å². The van der Waals surface area contributed by atoms with Crippen molar-refractivity contribution in [1.82, 2.24) is 15.5 Å². The van der Waals surface area contributed by atoms with E-state index < -0.39 is 41.6 Å². The van der Waals surface area contributed by atoms with E-state index in [1.54, 1.807) is 5.32 Å². The van der Waals surface area contributed by atoms with Crippen LogP contribution in [0.5, 0.6) is 0 Å². The normalized spacial score (nSPS) is 17.0. The highest BCUT2D eigenvalue weighted by Crippen LogP contribution is 2.44. The second-order valence-corrected chi connectivity index (χ2v) is 10.6. The third-order valence-corrected chi connectivity index (χ3v) is 7.93. The van der Waals surface area contributed by atoms with Crippen molar-refractivity contribution >= 4 is 18.0 Å². The summed E-state index contributed by atoms with van der Waals surface area (Å²) in [5.74, 6) is -3.48. The quantitative estimate of drug-likeness (QED) is 0.356. The number of likely N-dealkylation sites (tertiary alicyclic amines) is 1. The molecule has 8 nitrogen and oxygen atoms in total. The van der Waals surface area contributed by atoms with Crippen molar-refractivity contribution in [3.8, 4) is 11.1 Å². The van der Waals surface area contributed by atoms with Gasteiger partial charge in [-0.05, 0) is 40.7 Å². The maximum atomic E-state index is 14.0. The fourth-order valence-electron chi connectivity index (χ4n) is 5.69. The zero-order valence-corrected chi connectivity index (χ0v) is 22.6. The predicted molar refractivity (Wildman–Crippen MR) is 148 cm³/mol. The van der Waals surface area contributed by atoms with Crippen LogP contribution >= 0.6 is 0 Å². The predicted octanol–water partition coefficient (Wildman–Crippen LogP) is 4.69. The summed E-state index contributed by atoms with van der Waals surface area (Å²) in [6.45, 7) is 0.789. The first-order chi connectivity index (χ1) is 20.1. The molecule has 2 aliphatic rings. The van der Waals surface area contributed by atoms with Gasteiger partial charge in [0.1, 0.15) is 12.1 Å². The van der Waals surface area contributed by atoms with Gasteiger partial charge in [-0.2, -0.15) is 13.2 Å². The monoisotopic (exact) mass is 581 g/mol. The number of ether oxygens (including phenoxy) is 1. The number of hydrogen-bond acceptors (Lipinski definition) is 5. The first kappa shape index (κ1) is 29.1. The van der Waals surface area contributed by atoms with Crippen molar-refractivity contribution in [3.63, 3.8) is 0 Å². The number of piperidine rings is 1. The number of alkyl halides is 3. The van der Waals surface area contributed by atoms with Crippen molar-refractivity contribution in [3.05, 3.63) is 95.6 Å². The lowest BCUT2D eigenvalue weighted by atomic mass is 9.86. The molecule has 3 aromatic rings. The van der Waals surface area contributed by atoms with Gasteiger partial charge in [0.2, 0.25) is 6.04 Å². The maximum absolute atomic E-state index is 14.0. The Labute approximate surface area is 240 Å². The molecule has 5 rings (SSSR count). The number of carboxylic acids is 1. The van der Waals surface area contributed by atoms with E-state index in [0.29, 0.717) is 6.54 Å². The van der Waals surface area contributed by atoms with Crippen LogP contribution in [0.2, 0.25) is 0 Å². The molecule has 0 radical (unpaired) electrons. The standard InChI is InChI=1S/C31H30F3N3O5/c32-31(33,34)26(27(38)36-30(28(39)40)14-16-37(17-15-30)18-20-8-2-1-3-9-20)35-29(41)42-19-25-23-12-6-4-10-21(23)22-11-5-7-13-24(22)25/h1-13,25-26H,14-19H2,(H,35,41)(H,36,38)(H,39,40). The van der Waals surface area contributed by atoms with E-state index in [1.165, 1.54) is 0 Å². The molecule has 3 N–H and O–H groups in total. The molecule has 1 aliphatic carbocycles. The number of benzene rings is 3. The van der Waals surface area contributed by atoms with Crippen molar-refractivity contribution < 1.29 is 37.4 Å². The first-order valence-electron chi connectivity index (χ1n) is 13.6. The van der Waals surface area contributed by atoms with E-state index in [2.05, 4.69) is 5.32 Å². The highest BCUT2D eigenvalue weighted by molar-refractivity contribution is 5.92. The minimum absolute atomic E-state index is 0.101. The van der Waals surface area contributed by atoms with Crippen LogP contribution in [-0.2, 0) is 20.9 Å². The average molecular weight is 582 g/mol. The number of halogens is 3. The topological polar surface area (TPSA) is 108 Å². The Hall–Kier alpha value is -4.38. The third kappa shape index (κ3) is 6.11. The summed E-state index contributed by atoms with van der Waals surface area (Å²) in [6.07, 6.45) is -6.83. The van der Waals surface area contributed by atoms with Gasteiger partial charge < -0.3 is 20.5 Å². The summed E-state index contributed by atoms with van der Waals surface area (Å²) in [4.78, 5) is 39.6. The van der Waals surface area contributed by atoms with E-state index in [0.717, 1.165) is 27.8 Å². The summed E-state index contributed by atoms with van der Waals surface area (Å²) in [6, 6.07) is 21.4. The van der Waals surface area contributed by atoms with Crippen molar-refractivity contribution in [2.45, 2.75) is 43.1 Å². The van der Waals surface area contributed by atoms with E-state index in [1.807, 2.05) is 83.8 Å². The van der Waals surface area contributed by atoms with Crippen LogP contribution in [0.25, 0.3) is 11.1 Å². The van der Waals surface area contributed by atoms with Gasteiger partial charge in [-0.15, -0.1) is 0 Å². The van der Waals surface area contributed by atoms with Gasteiger partial charge in [0.15, 0.2) is 0 Å². The Bertz CT molecular complexity index is 1410. The van der Waals surface area contributed by atoms with Crippen molar-refractivity contribution in [1.29, 1.82) is 0 Å². The molecule has 11 heteroatoms. The molecule has 1 saturated heterocycles. The van der Waals surface area contributed by atoms with Crippen LogP contribution in [0.4, 0.5) is 18.0 Å². The van der Waals surface area contributed by atoms with Gasteiger partial charge in [0, 0.05) is 25.6 Å². The number of carbonyl (C=O) groups is 3. The van der Waals surface area contributed by atoms with Gasteiger partial charge in [-0.1, -0.05) is 78.9 Å². The van der Waals surface area contributed by atoms with Gasteiger partial charge >= 0.3 is 18.2 Å². The summed E-state index contributed by atoms with van der Waals surface area (Å²) >= 11 is 0. The minimum atomic E-state index is -5.19. The zero-order valence-electron chi connectivity index (χ0n) is 22.6. The summed E-state index contributed by atoms with van der Waals surface area (Å²) in [7, 11) is 0. The Morgan fingerprint density at radius 3 is 2.00 bits per heavy atom. The molecule has 0 bridgehead atoms. The average Bonchev–Trinajstić information content (AvgIpc) is 3.29. The number of hydrogen-bond donors (Lipinski definition) is 3. The van der Waals surface area contributed by atoms with Crippen molar-refractivity contribution in [2.24, 2.45) is 0 Å². The molecular weight excluding hydrogens is 551 g/mol. The number of alkyl carbamates (subject to hydrolysis) is 1. The molecule has 1 unspecified atom stereocenters. The SMILES string of the molecule is O=C(NC(C(=O)NC1(C(=O)O)CCN(Cc2ccccc2)CC1)C(F)(F)F)OCC1c2ccccc2-c2ccccc21. The van der Waals surface area contributed by atoms with Crippen LogP contribution in [0.3, 0.4) is 0 Å². The van der Waals surface area contributed by atoms with Gasteiger partial charge in [-0.25, -0.2) is 9.59 Å². The Morgan fingerprint density at radius 2 is 1.45 bits per heavy atom. The number of nitrogens with one attached hydrogen (secondary N) is 2. The highest BCUT2D eigenvalue weighted by Gasteiger charge is 2.51. The number of rotatable bonds is 8. The number of aliphatic carboxylic acids is 1. The zero-order chi connectivity index (χ0) is 29.9. The molecule has 0 spiro atoms. The minimum Gasteiger partial charge on any atom is -0.480 e. The second-order valence-electron chi connectivity index (χ2n) is 10.6. The molecule has 220 valence electrons. The van der Waals surface area contributed by atoms with Crippen LogP contribution in [0, 0.1) is 0 Å². The Balaban J connectivity index is 1.23. The Kier molecular flexibility index (Phi) is 8.22. The van der Waals surface area contributed by atoms with Crippen LogP contribution in [0.1, 0.15) is 35.4 Å². The number of amides is 2. The number of fused-ring (bicyclic) bond motifs is 3. The molecule has 1 fully saturated rings. The molecule has 0 aromatic heterocycles. The molecule has 0 saturated carbocycles. The van der Waals surface area contributed by atoms with E-state index in [4.69, 9.17) is 4.74 Å². The Morgan fingerprint density at radius 1 is 0.905 bits per heavy atom. The molecule has 1 heterocycles. The van der Waals surface area contributed by atoms with Crippen LogP contribution in [-0.4, -0.2) is 65.4 Å². The van der Waals surface area contributed by atoms with E-state index in [9.17, 15) is 32.7 Å². The number of nitrogens with zero attached hydrogens (tertiary/aromatic N) is 1. The summed E-state index contributed by atoms with van der Waals surface area (Å²) < 4.78 is 47.1. The highest BCUT2D eigenvalue weighted by atomic mass is 19.4. The third-order valence-electron chi connectivity index (χ3n) is 7.93. The fraction of sp³-hybridized carbons (Fsp3) is 0.323. The molecule has 3 aromatic carbocycles. The largest absolute Gasteiger partial charge is 0.480 e. The smallest absolute Gasteiger partial charge is 0.417 e. The maximum Gasteiger partial charge on any atom is 0.417 e. The lowest BCUT2D eigenvalue weighted by Gasteiger charge is -2.40. The van der Waals surface area contributed by atoms with Crippen LogP contribution in [0.15, 0.2) is 78.9 Å². The fourth-order valence-corrected chi connectivity index (χ4v) is 5.69. The van der Waals surface area contributed by atoms with Gasteiger partial charge in [0.25, 0.3) is 5.91 Å². The number of carboxylic acid groups (broad SMARTS) is 1. The lowest BCUT2D eigenvalue weighted by Crippen LogP contribution is -2.65.